The molecule has 1 aromatic carbocycles. The molecule has 4 N–H and O–H groups in total. The van der Waals surface area contributed by atoms with Crippen molar-refractivity contribution in [2.24, 2.45) is 10.9 Å². The zero-order valence-electron chi connectivity index (χ0n) is 10.6. The Bertz CT molecular complexity index is 469. The van der Waals surface area contributed by atoms with Gasteiger partial charge in [-0.2, -0.15) is 0 Å². The summed E-state index contributed by atoms with van der Waals surface area (Å²) in [5.74, 6) is -0.890. The van der Waals surface area contributed by atoms with Crippen molar-refractivity contribution in [1.82, 2.24) is 4.90 Å². The summed E-state index contributed by atoms with van der Waals surface area (Å²) in [6, 6.07) is 3.68. The second-order valence-electron chi connectivity index (χ2n) is 4.18. The van der Waals surface area contributed by atoms with Crippen molar-refractivity contribution in [2.45, 2.75) is 13.0 Å². The maximum absolute atomic E-state index is 13.4. The third kappa shape index (κ3) is 5.06. The van der Waals surface area contributed by atoms with Gasteiger partial charge in [-0.15, -0.1) is 0 Å². The Morgan fingerprint density at radius 3 is 2.60 bits per heavy atom. The molecular weight excluding hydrogens is 275 g/mol. The largest absolute Gasteiger partial charge is 0.409 e. The number of amidine groups is 1. The first-order valence-corrected chi connectivity index (χ1v) is 5.85. The molecule has 0 aliphatic heterocycles. The maximum Gasteiger partial charge on any atom is 0.251 e. The van der Waals surface area contributed by atoms with Gasteiger partial charge >= 0.3 is 0 Å². The van der Waals surface area contributed by atoms with E-state index in [0.29, 0.717) is 5.56 Å². The Labute approximate surface area is 114 Å². The van der Waals surface area contributed by atoms with Crippen LogP contribution >= 0.6 is 0 Å². The van der Waals surface area contributed by atoms with Crippen LogP contribution in [-0.2, 0) is 6.54 Å². The van der Waals surface area contributed by atoms with Crippen LogP contribution in [0.25, 0.3) is 0 Å². The lowest BCUT2D eigenvalue weighted by Gasteiger charge is -2.21. The fraction of sp³-hybridized carbons (Fsp3) is 0.417. The molecule has 0 heterocycles. The zero-order valence-corrected chi connectivity index (χ0v) is 10.6. The fourth-order valence-electron chi connectivity index (χ4n) is 1.78. The first-order valence-electron chi connectivity index (χ1n) is 5.85. The molecule has 0 aliphatic rings. The van der Waals surface area contributed by atoms with Crippen LogP contribution in [0.5, 0.6) is 0 Å². The maximum atomic E-state index is 13.4. The molecule has 0 saturated heterocycles. The number of hydrogen-bond donors (Lipinski definition) is 3. The number of oxime groups is 1. The molecule has 8 heteroatoms. The van der Waals surface area contributed by atoms with Crippen molar-refractivity contribution < 1.29 is 23.5 Å². The number of nitrogens with zero attached hydrogens (tertiary/aromatic N) is 2. The Morgan fingerprint density at radius 2 is 2.05 bits per heavy atom. The molecule has 20 heavy (non-hydrogen) atoms. The van der Waals surface area contributed by atoms with Crippen molar-refractivity contribution in [3.63, 3.8) is 0 Å². The van der Waals surface area contributed by atoms with E-state index in [4.69, 9.17) is 16.0 Å². The van der Waals surface area contributed by atoms with E-state index in [-0.39, 0.29) is 31.1 Å². The molecule has 0 saturated carbocycles. The second-order valence-corrected chi connectivity index (χ2v) is 4.18. The summed E-state index contributed by atoms with van der Waals surface area (Å²) in [6.07, 6.45) is -2.56. The molecule has 0 bridgehead atoms. The van der Waals surface area contributed by atoms with Crippen LogP contribution < -0.4 is 5.73 Å². The van der Waals surface area contributed by atoms with Crippen molar-refractivity contribution in [1.29, 1.82) is 0 Å². The molecule has 0 unspecified atom stereocenters. The first kappa shape index (κ1) is 16.3. The summed E-state index contributed by atoms with van der Waals surface area (Å²) in [7, 11) is 0. The van der Waals surface area contributed by atoms with Gasteiger partial charge in [-0.3, -0.25) is 4.90 Å². The summed E-state index contributed by atoms with van der Waals surface area (Å²) < 4.78 is 38.2. The predicted molar refractivity (Wildman–Crippen MR) is 67.3 cm³/mol. The van der Waals surface area contributed by atoms with E-state index in [1.54, 1.807) is 0 Å². The topological polar surface area (TPSA) is 82.1 Å². The van der Waals surface area contributed by atoms with Crippen LogP contribution in [0.3, 0.4) is 0 Å². The fourth-order valence-corrected chi connectivity index (χ4v) is 1.78. The summed E-state index contributed by atoms with van der Waals surface area (Å²) >= 11 is 0. The molecular formula is C12H16F3N3O2. The van der Waals surface area contributed by atoms with E-state index >= 15 is 0 Å². The standard InChI is InChI=1S/C12H16F3N3O2/c13-10-4-8(3-9(5-10)12(16)17-20)6-18(1-2-19)7-11(14)15/h3-5,11,19-20H,1-2,6-7H2,(H2,16,17). The Balaban J connectivity index is 2.91. The van der Waals surface area contributed by atoms with Gasteiger partial charge < -0.3 is 16.0 Å². The number of aliphatic hydroxyl groups is 1. The molecule has 0 aliphatic carbocycles. The van der Waals surface area contributed by atoms with Gasteiger partial charge in [0.2, 0.25) is 0 Å². The first-order chi connectivity index (χ1) is 9.46. The summed E-state index contributed by atoms with van der Waals surface area (Å²) in [6.45, 7) is -0.751. The van der Waals surface area contributed by atoms with Crippen molar-refractivity contribution in [3.05, 3.63) is 35.1 Å². The lowest BCUT2D eigenvalue weighted by Crippen LogP contribution is -2.31. The van der Waals surface area contributed by atoms with Crippen LogP contribution in [-0.4, -0.2) is 47.2 Å². The second kappa shape index (κ2) is 7.71. The van der Waals surface area contributed by atoms with Crippen LogP contribution in [0.2, 0.25) is 0 Å². The quantitative estimate of drug-likeness (QED) is 0.303. The minimum Gasteiger partial charge on any atom is -0.409 e. The molecule has 0 fully saturated rings. The van der Waals surface area contributed by atoms with Crippen molar-refractivity contribution in [3.8, 4) is 0 Å². The van der Waals surface area contributed by atoms with Gasteiger partial charge in [-0.1, -0.05) is 5.16 Å². The summed E-state index contributed by atoms with van der Waals surface area (Å²) in [5, 5.41) is 20.1. The van der Waals surface area contributed by atoms with Crippen molar-refractivity contribution >= 4 is 5.84 Å². The lowest BCUT2D eigenvalue weighted by molar-refractivity contribution is 0.0746. The Kier molecular flexibility index (Phi) is 6.26. The van der Waals surface area contributed by atoms with Crippen LogP contribution in [0.4, 0.5) is 13.2 Å². The predicted octanol–water partition coefficient (Wildman–Crippen LogP) is 0.980. The van der Waals surface area contributed by atoms with Gasteiger partial charge in [0.25, 0.3) is 6.43 Å². The van der Waals surface area contributed by atoms with Gasteiger partial charge in [0.15, 0.2) is 5.84 Å². The Morgan fingerprint density at radius 1 is 1.35 bits per heavy atom. The monoisotopic (exact) mass is 291 g/mol. The molecule has 0 amide bonds. The average molecular weight is 291 g/mol. The smallest absolute Gasteiger partial charge is 0.251 e. The molecule has 112 valence electrons. The summed E-state index contributed by atoms with van der Waals surface area (Å²) in [4.78, 5) is 1.29. The molecule has 1 rings (SSSR count). The minimum atomic E-state index is -2.56. The lowest BCUT2D eigenvalue weighted by atomic mass is 10.1. The molecule has 5 nitrogen and oxygen atoms in total. The number of rotatable bonds is 7. The average Bonchev–Trinajstić information content (AvgIpc) is 2.36. The third-order valence-corrected chi connectivity index (χ3v) is 2.58. The van der Waals surface area contributed by atoms with E-state index in [2.05, 4.69) is 5.16 Å². The number of hydrogen-bond acceptors (Lipinski definition) is 4. The highest BCUT2D eigenvalue weighted by Crippen LogP contribution is 2.12. The minimum absolute atomic E-state index is 0.0222. The van der Waals surface area contributed by atoms with E-state index < -0.39 is 18.8 Å². The molecule has 1 aromatic rings. The highest BCUT2D eigenvalue weighted by Gasteiger charge is 2.13. The van der Waals surface area contributed by atoms with E-state index in [1.807, 2.05) is 0 Å². The van der Waals surface area contributed by atoms with Gasteiger partial charge in [-0.25, -0.2) is 13.2 Å². The third-order valence-electron chi connectivity index (χ3n) is 2.58. The molecule has 0 spiro atoms. The summed E-state index contributed by atoms with van der Waals surface area (Å²) in [5.41, 5.74) is 5.91. The number of nitrogens with two attached hydrogens (primary N) is 1. The zero-order chi connectivity index (χ0) is 15.1. The number of benzene rings is 1. The van der Waals surface area contributed by atoms with E-state index in [9.17, 15) is 13.2 Å². The van der Waals surface area contributed by atoms with Crippen molar-refractivity contribution in [2.75, 3.05) is 19.7 Å². The van der Waals surface area contributed by atoms with Gasteiger partial charge in [0.1, 0.15) is 5.82 Å². The molecule has 0 radical (unpaired) electrons. The SMILES string of the molecule is N/C(=N/O)c1cc(F)cc(CN(CCO)CC(F)F)c1. The van der Waals surface area contributed by atoms with Gasteiger partial charge in [-0.05, 0) is 23.8 Å². The normalized spacial score (nSPS) is 12.4. The Hall–Kier alpha value is -1.80. The van der Waals surface area contributed by atoms with Gasteiger partial charge in [0.05, 0.1) is 13.2 Å². The van der Waals surface area contributed by atoms with Crippen LogP contribution in [0, 0.1) is 5.82 Å². The number of alkyl halides is 2. The highest BCUT2D eigenvalue weighted by atomic mass is 19.3. The van der Waals surface area contributed by atoms with E-state index in [1.165, 1.54) is 17.0 Å². The number of aliphatic hydroxyl groups excluding tert-OH is 1. The molecule has 0 atom stereocenters. The molecule has 0 aromatic heterocycles. The van der Waals surface area contributed by atoms with Gasteiger partial charge in [0, 0.05) is 18.7 Å². The van der Waals surface area contributed by atoms with E-state index in [0.717, 1.165) is 6.07 Å². The van der Waals surface area contributed by atoms with Crippen LogP contribution in [0.15, 0.2) is 23.4 Å². The van der Waals surface area contributed by atoms with Crippen LogP contribution in [0.1, 0.15) is 11.1 Å². The highest BCUT2D eigenvalue weighted by molar-refractivity contribution is 5.97. The number of halogens is 3.